The van der Waals surface area contributed by atoms with Crippen LogP contribution in [0.2, 0.25) is 0 Å². The SMILES string of the molecule is COCCOc1ncccc1C(=O)N1CCN(C(=O)CCCc2ccccc2)CC1. The zero-order valence-corrected chi connectivity index (χ0v) is 17.5. The second-order valence-electron chi connectivity index (χ2n) is 7.21. The number of aryl methyl sites for hydroxylation is 1. The van der Waals surface area contributed by atoms with E-state index in [4.69, 9.17) is 9.47 Å². The van der Waals surface area contributed by atoms with Gasteiger partial charge in [-0.25, -0.2) is 4.98 Å². The molecule has 3 rings (SSSR count). The maximum Gasteiger partial charge on any atom is 0.259 e. The van der Waals surface area contributed by atoms with E-state index in [2.05, 4.69) is 17.1 Å². The molecule has 0 bridgehead atoms. The van der Waals surface area contributed by atoms with Crippen LogP contribution in [0.5, 0.6) is 5.88 Å². The maximum atomic E-state index is 12.9. The zero-order valence-electron chi connectivity index (χ0n) is 17.5. The minimum absolute atomic E-state index is 0.119. The van der Waals surface area contributed by atoms with Gasteiger partial charge in [0.2, 0.25) is 11.8 Å². The van der Waals surface area contributed by atoms with E-state index in [1.807, 2.05) is 23.1 Å². The first-order valence-corrected chi connectivity index (χ1v) is 10.4. The van der Waals surface area contributed by atoms with Gasteiger partial charge in [-0.05, 0) is 30.5 Å². The highest BCUT2D eigenvalue weighted by molar-refractivity contribution is 5.96. The van der Waals surface area contributed by atoms with Crippen LogP contribution < -0.4 is 4.74 Å². The van der Waals surface area contributed by atoms with Crippen molar-refractivity contribution in [2.24, 2.45) is 0 Å². The van der Waals surface area contributed by atoms with E-state index in [9.17, 15) is 9.59 Å². The molecule has 0 spiro atoms. The topological polar surface area (TPSA) is 72.0 Å². The Hall–Kier alpha value is -2.93. The second-order valence-corrected chi connectivity index (χ2v) is 7.21. The van der Waals surface area contributed by atoms with Crippen LogP contribution in [0.3, 0.4) is 0 Å². The molecule has 1 saturated heterocycles. The Balaban J connectivity index is 1.47. The van der Waals surface area contributed by atoms with Crippen LogP contribution in [-0.4, -0.2) is 73.1 Å². The van der Waals surface area contributed by atoms with Crippen molar-refractivity contribution < 1.29 is 19.1 Å². The first kappa shape index (κ1) is 21.8. The van der Waals surface area contributed by atoms with Crippen molar-refractivity contribution in [2.45, 2.75) is 19.3 Å². The fourth-order valence-corrected chi connectivity index (χ4v) is 3.47. The number of carbonyl (C=O) groups excluding carboxylic acids is 2. The van der Waals surface area contributed by atoms with Crippen LogP contribution >= 0.6 is 0 Å². The third kappa shape index (κ3) is 6.03. The Morgan fingerprint density at radius 2 is 1.70 bits per heavy atom. The predicted octanol–water partition coefficient (Wildman–Crippen LogP) is 2.41. The lowest BCUT2D eigenvalue weighted by Crippen LogP contribution is -2.50. The van der Waals surface area contributed by atoms with Gasteiger partial charge in [-0.15, -0.1) is 0 Å². The van der Waals surface area contributed by atoms with Gasteiger partial charge in [-0.2, -0.15) is 0 Å². The van der Waals surface area contributed by atoms with Crippen molar-refractivity contribution >= 4 is 11.8 Å². The van der Waals surface area contributed by atoms with E-state index in [0.29, 0.717) is 57.3 Å². The molecule has 7 nitrogen and oxygen atoms in total. The van der Waals surface area contributed by atoms with Crippen molar-refractivity contribution in [2.75, 3.05) is 46.5 Å². The fraction of sp³-hybridized carbons (Fsp3) is 0.435. The summed E-state index contributed by atoms with van der Waals surface area (Å²) in [4.78, 5) is 33.2. The van der Waals surface area contributed by atoms with Gasteiger partial charge in [0.25, 0.3) is 5.91 Å². The van der Waals surface area contributed by atoms with Crippen molar-refractivity contribution in [1.29, 1.82) is 0 Å². The molecule has 1 aromatic carbocycles. The fourth-order valence-electron chi connectivity index (χ4n) is 3.47. The average Bonchev–Trinajstić information content (AvgIpc) is 2.80. The number of ether oxygens (including phenoxy) is 2. The number of methoxy groups -OCH3 is 1. The zero-order chi connectivity index (χ0) is 21.2. The van der Waals surface area contributed by atoms with Crippen LogP contribution in [0.25, 0.3) is 0 Å². The number of hydrogen-bond acceptors (Lipinski definition) is 5. The molecule has 0 N–H and O–H groups in total. The summed E-state index contributed by atoms with van der Waals surface area (Å²) in [7, 11) is 1.59. The second kappa shape index (κ2) is 11.3. The molecular formula is C23H29N3O4. The van der Waals surface area contributed by atoms with Gasteiger partial charge in [0.1, 0.15) is 12.2 Å². The third-order valence-corrected chi connectivity index (χ3v) is 5.15. The Morgan fingerprint density at radius 3 is 2.43 bits per heavy atom. The van der Waals surface area contributed by atoms with E-state index >= 15 is 0 Å². The average molecular weight is 412 g/mol. The highest BCUT2D eigenvalue weighted by Crippen LogP contribution is 2.18. The largest absolute Gasteiger partial charge is 0.475 e. The number of pyridine rings is 1. The number of amides is 2. The van der Waals surface area contributed by atoms with Gasteiger partial charge in [0, 0.05) is 45.9 Å². The van der Waals surface area contributed by atoms with E-state index in [0.717, 1.165) is 12.8 Å². The van der Waals surface area contributed by atoms with E-state index in [1.54, 1.807) is 30.3 Å². The van der Waals surface area contributed by atoms with Crippen LogP contribution in [0.4, 0.5) is 0 Å². The van der Waals surface area contributed by atoms with Crippen LogP contribution in [-0.2, 0) is 16.0 Å². The summed E-state index contributed by atoms with van der Waals surface area (Å²) < 4.78 is 10.6. The Labute approximate surface area is 177 Å². The van der Waals surface area contributed by atoms with Crippen molar-refractivity contribution in [3.05, 3.63) is 59.8 Å². The smallest absolute Gasteiger partial charge is 0.259 e. The number of benzene rings is 1. The molecule has 30 heavy (non-hydrogen) atoms. The monoisotopic (exact) mass is 411 g/mol. The first-order chi connectivity index (χ1) is 14.7. The highest BCUT2D eigenvalue weighted by atomic mass is 16.5. The third-order valence-electron chi connectivity index (χ3n) is 5.15. The van der Waals surface area contributed by atoms with E-state index in [1.165, 1.54) is 5.56 Å². The van der Waals surface area contributed by atoms with Crippen molar-refractivity contribution in [3.63, 3.8) is 0 Å². The lowest BCUT2D eigenvalue weighted by atomic mass is 10.1. The minimum Gasteiger partial charge on any atom is -0.475 e. The molecule has 0 radical (unpaired) electrons. The normalized spacial score (nSPS) is 13.9. The molecule has 0 atom stereocenters. The molecule has 0 saturated carbocycles. The molecule has 1 aliphatic rings. The summed E-state index contributed by atoms with van der Waals surface area (Å²) >= 11 is 0. The van der Waals surface area contributed by atoms with Crippen LogP contribution in [0.1, 0.15) is 28.8 Å². The van der Waals surface area contributed by atoms with Gasteiger partial charge >= 0.3 is 0 Å². The Morgan fingerprint density at radius 1 is 0.967 bits per heavy atom. The van der Waals surface area contributed by atoms with Gasteiger partial charge in [0.05, 0.1) is 6.61 Å². The van der Waals surface area contributed by atoms with Crippen LogP contribution in [0, 0.1) is 0 Å². The number of aromatic nitrogens is 1. The number of carbonyl (C=O) groups is 2. The summed E-state index contributed by atoms with van der Waals surface area (Å²) in [5, 5.41) is 0. The van der Waals surface area contributed by atoms with Crippen molar-refractivity contribution in [1.82, 2.24) is 14.8 Å². The number of piperazine rings is 1. The number of nitrogens with zero attached hydrogens (tertiary/aromatic N) is 3. The molecule has 7 heteroatoms. The predicted molar refractivity (Wildman–Crippen MR) is 113 cm³/mol. The maximum absolute atomic E-state index is 12.9. The Bertz CT molecular complexity index is 820. The minimum atomic E-state index is -0.119. The quantitative estimate of drug-likeness (QED) is 0.593. The molecule has 1 aromatic heterocycles. The summed E-state index contributed by atoms with van der Waals surface area (Å²) in [6.45, 7) is 2.88. The molecule has 1 fully saturated rings. The highest BCUT2D eigenvalue weighted by Gasteiger charge is 2.26. The standard InChI is InChI=1S/C23H29N3O4/c1-29-17-18-30-22-20(10-6-12-24-22)23(28)26-15-13-25(14-16-26)21(27)11-5-9-19-7-3-2-4-8-19/h2-4,6-8,10,12H,5,9,11,13-18H2,1H3. The Kier molecular flexibility index (Phi) is 8.20. The molecule has 2 aromatic rings. The van der Waals surface area contributed by atoms with Gasteiger partial charge in [-0.1, -0.05) is 30.3 Å². The van der Waals surface area contributed by atoms with E-state index < -0.39 is 0 Å². The van der Waals surface area contributed by atoms with Gasteiger partial charge in [-0.3, -0.25) is 9.59 Å². The lowest BCUT2D eigenvalue weighted by Gasteiger charge is -2.35. The van der Waals surface area contributed by atoms with Gasteiger partial charge in [0.15, 0.2) is 0 Å². The molecule has 0 unspecified atom stereocenters. The summed E-state index contributed by atoms with van der Waals surface area (Å²) in [5.41, 5.74) is 1.69. The number of hydrogen-bond donors (Lipinski definition) is 0. The lowest BCUT2D eigenvalue weighted by molar-refractivity contribution is -0.132. The summed E-state index contributed by atoms with van der Waals surface area (Å²) in [6, 6.07) is 13.6. The van der Waals surface area contributed by atoms with Crippen LogP contribution in [0.15, 0.2) is 48.7 Å². The summed E-state index contributed by atoms with van der Waals surface area (Å²) in [5.74, 6) is 0.355. The molecule has 0 aliphatic carbocycles. The van der Waals surface area contributed by atoms with E-state index in [-0.39, 0.29) is 11.8 Å². The van der Waals surface area contributed by atoms with Crippen molar-refractivity contribution in [3.8, 4) is 5.88 Å². The number of rotatable bonds is 9. The van der Waals surface area contributed by atoms with Gasteiger partial charge < -0.3 is 19.3 Å². The summed E-state index contributed by atoms with van der Waals surface area (Å²) in [6.07, 6.45) is 3.87. The molecule has 2 amide bonds. The molecular weight excluding hydrogens is 382 g/mol. The first-order valence-electron chi connectivity index (χ1n) is 10.4. The molecule has 2 heterocycles. The molecule has 1 aliphatic heterocycles. The molecule has 160 valence electrons.